The molecule has 0 saturated heterocycles. The Morgan fingerprint density at radius 3 is 2.94 bits per heavy atom. The Bertz CT molecular complexity index is 480. The number of rotatable bonds is 4. The van der Waals surface area contributed by atoms with Crippen molar-refractivity contribution < 1.29 is 0 Å². The van der Waals surface area contributed by atoms with Crippen LogP contribution in [0.1, 0.15) is 31.5 Å². The Morgan fingerprint density at radius 2 is 2.25 bits per heavy atom. The molecule has 4 nitrogen and oxygen atoms in total. The fraction of sp³-hybridized carbons (Fsp3) is 0.455. The summed E-state index contributed by atoms with van der Waals surface area (Å²) in [5.74, 6) is 1.25. The van der Waals surface area contributed by atoms with Crippen molar-refractivity contribution in [1.29, 1.82) is 0 Å². The number of pyridine rings is 1. The summed E-state index contributed by atoms with van der Waals surface area (Å²) >= 11 is 3.45. The van der Waals surface area contributed by atoms with Crippen LogP contribution in [0.3, 0.4) is 0 Å². The lowest BCUT2D eigenvalue weighted by molar-refractivity contribution is 0.583. The molecule has 2 aromatic rings. The van der Waals surface area contributed by atoms with E-state index in [2.05, 4.69) is 33.1 Å². The van der Waals surface area contributed by atoms with Crippen LogP contribution in [0.15, 0.2) is 22.8 Å². The molecule has 0 spiro atoms. The van der Waals surface area contributed by atoms with Crippen LogP contribution in [0.4, 0.5) is 0 Å². The number of nitrogens with zero attached hydrogens (tertiary/aromatic N) is 3. The van der Waals surface area contributed by atoms with Crippen LogP contribution in [-0.2, 0) is 0 Å². The zero-order valence-electron chi connectivity index (χ0n) is 9.23. The zero-order chi connectivity index (χ0) is 11.5. The predicted octanol–water partition coefficient (Wildman–Crippen LogP) is 2.33. The van der Waals surface area contributed by atoms with E-state index in [9.17, 15) is 0 Å². The van der Waals surface area contributed by atoms with Gasteiger partial charge in [-0.3, -0.25) is 4.40 Å². The Morgan fingerprint density at radius 1 is 1.44 bits per heavy atom. The van der Waals surface area contributed by atoms with E-state index in [1.54, 1.807) is 0 Å². The summed E-state index contributed by atoms with van der Waals surface area (Å²) in [7, 11) is 0. The number of hydrogen-bond acceptors (Lipinski definition) is 3. The van der Waals surface area contributed by atoms with Gasteiger partial charge in [-0.15, -0.1) is 10.2 Å². The molecular formula is C11H15BrN4. The molecule has 0 saturated carbocycles. The summed E-state index contributed by atoms with van der Waals surface area (Å²) < 4.78 is 3.03. The molecule has 16 heavy (non-hydrogen) atoms. The van der Waals surface area contributed by atoms with Gasteiger partial charge in [0.1, 0.15) is 5.82 Å². The van der Waals surface area contributed by atoms with Crippen molar-refractivity contribution in [1.82, 2.24) is 14.6 Å². The second kappa shape index (κ2) is 4.93. The molecule has 0 aliphatic heterocycles. The monoisotopic (exact) mass is 282 g/mol. The van der Waals surface area contributed by atoms with Gasteiger partial charge >= 0.3 is 0 Å². The van der Waals surface area contributed by atoms with Gasteiger partial charge in [0.05, 0.1) is 0 Å². The van der Waals surface area contributed by atoms with Crippen LogP contribution >= 0.6 is 15.9 Å². The van der Waals surface area contributed by atoms with Crippen LogP contribution in [0, 0.1) is 0 Å². The van der Waals surface area contributed by atoms with Gasteiger partial charge in [-0.25, -0.2) is 0 Å². The van der Waals surface area contributed by atoms with E-state index >= 15 is 0 Å². The first-order valence-electron chi connectivity index (χ1n) is 5.46. The minimum Gasteiger partial charge on any atom is -0.330 e. The minimum atomic E-state index is 0.286. The Kier molecular flexibility index (Phi) is 3.56. The van der Waals surface area contributed by atoms with E-state index in [-0.39, 0.29) is 5.92 Å². The second-order valence-corrected chi connectivity index (χ2v) is 4.77. The highest BCUT2D eigenvalue weighted by Crippen LogP contribution is 2.20. The van der Waals surface area contributed by atoms with Gasteiger partial charge in [-0.1, -0.05) is 13.3 Å². The highest BCUT2D eigenvalue weighted by atomic mass is 79.9. The smallest absolute Gasteiger partial charge is 0.160 e. The average molecular weight is 283 g/mol. The minimum absolute atomic E-state index is 0.286. The molecular weight excluding hydrogens is 268 g/mol. The van der Waals surface area contributed by atoms with Crippen LogP contribution in [0.2, 0.25) is 0 Å². The molecule has 5 heteroatoms. The first-order chi connectivity index (χ1) is 7.76. The van der Waals surface area contributed by atoms with Crippen molar-refractivity contribution in [3.05, 3.63) is 28.6 Å². The van der Waals surface area contributed by atoms with E-state index in [1.807, 2.05) is 22.7 Å². The maximum Gasteiger partial charge on any atom is 0.160 e. The van der Waals surface area contributed by atoms with Crippen LogP contribution in [0.5, 0.6) is 0 Å². The Hall–Kier alpha value is -0.940. The molecule has 0 aliphatic carbocycles. The summed E-state index contributed by atoms with van der Waals surface area (Å²) in [5.41, 5.74) is 6.65. The van der Waals surface area contributed by atoms with Crippen molar-refractivity contribution in [2.45, 2.75) is 25.7 Å². The zero-order valence-corrected chi connectivity index (χ0v) is 10.8. The first kappa shape index (κ1) is 11.5. The van der Waals surface area contributed by atoms with E-state index in [1.165, 1.54) is 0 Å². The van der Waals surface area contributed by atoms with Gasteiger partial charge in [-0.05, 0) is 34.5 Å². The third-order valence-corrected chi connectivity index (χ3v) is 3.15. The number of fused-ring (bicyclic) bond motifs is 1. The molecule has 86 valence electrons. The molecule has 0 aliphatic rings. The molecule has 2 rings (SSSR count). The second-order valence-electron chi connectivity index (χ2n) is 3.86. The van der Waals surface area contributed by atoms with Crippen LogP contribution in [0.25, 0.3) is 5.65 Å². The number of hydrogen-bond donors (Lipinski definition) is 1. The standard InChI is InChI=1S/C11H15BrN4/c1-2-3-8(6-13)11-15-14-10-5-4-9(12)7-16(10)11/h4-5,7-8H,2-3,6,13H2,1H3. The van der Waals surface area contributed by atoms with E-state index in [0.29, 0.717) is 6.54 Å². The molecule has 0 radical (unpaired) electrons. The van der Waals surface area contributed by atoms with Gasteiger partial charge in [0.2, 0.25) is 0 Å². The fourth-order valence-electron chi connectivity index (χ4n) is 1.86. The van der Waals surface area contributed by atoms with Gasteiger partial charge in [0, 0.05) is 23.1 Å². The number of aromatic nitrogens is 3. The SMILES string of the molecule is CCCC(CN)c1nnc2ccc(Br)cn12. The fourth-order valence-corrected chi connectivity index (χ4v) is 2.20. The molecule has 0 fully saturated rings. The Labute approximate surface area is 103 Å². The van der Waals surface area contributed by atoms with Crippen LogP contribution < -0.4 is 5.73 Å². The van der Waals surface area contributed by atoms with E-state index in [4.69, 9.17) is 5.73 Å². The van der Waals surface area contributed by atoms with E-state index in [0.717, 1.165) is 28.8 Å². The molecule has 0 amide bonds. The molecule has 0 aromatic carbocycles. The summed E-state index contributed by atoms with van der Waals surface area (Å²) in [6, 6.07) is 3.91. The molecule has 1 unspecified atom stereocenters. The normalized spacial score (nSPS) is 13.2. The predicted molar refractivity (Wildman–Crippen MR) is 67.4 cm³/mol. The van der Waals surface area contributed by atoms with E-state index < -0.39 is 0 Å². The van der Waals surface area contributed by atoms with Gasteiger partial charge in [-0.2, -0.15) is 0 Å². The summed E-state index contributed by atoms with van der Waals surface area (Å²) in [5, 5.41) is 8.39. The quantitative estimate of drug-likeness (QED) is 0.937. The topological polar surface area (TPSA) is 56.2 Å². The average Bonchev–Trinajstić information content (AvgIpc) is 2.69. The maximum atomic E-state index is 5.79. The molecule has 2 aromatic heterocycles. The van der Waals surface area contributed by atoms with Crippen molar-refractivity contribution in [3.63, 3.8) is 0 Å². The van der Waals surface area contributed by atoms with Crippen LogP contribution in [-0.4, -0.2) is 21.1 Å². The summed E-state index contributed by atoms with van der Waals surface area (Å²) in [4.78, 5) is 0. The third kappa shape index (κ3) is 2.10. The van der Waals surface area contributed by atoms with Crippen molar-refractivity contribution >= 4 is 21.6 Å². The highest BCUT2D eigenvalue weighted by molar-refractivity contribution is 9.10. The van der Waals surface area contributed by atoms with Gasteiger partial charge < -0.3 is 5.73 Å². The molecule has 1 atom stereocenters. The van der Waals surface area contributed by atoms with Gasteiger partial charge in [0.15, 0.2) is 5.65 Å². The highest BCUT2D eigenvalue weighted by Gasteiger charge is 2.15. The molecule has 2 heterocycles. The molecule has 2 N–H and O–H groups in total. The number of nitrogens with two attached hydrogens (primary N) is 1. The Balaban J connectivity index is 2.46. The van der Waals surface area contributed by atoms with Crippen molar-refractivity contribution in [3.8, 4) is 0 Å². The third-order valence-electron chi connectivity index (χ3n) is 2.68. The first-order valence-corrected chi connectivity index (χ1v) is 6.25. The lowest BCUT2D eigenvalue weighted by Gasteiger charge is -2.11. The van der Waals surface area contributed by atoms with Crippen molar-refractivity contribution in [2.75, 3.05) is 6.54 Å². The van der Waals surface area contributed by atoms with Gasteiger partial charge in [0.25, 0.3) is 0 Å². The maximum absolute atomic E-state index is 5.79. The van der Waals surface area contributed by atoms with Crippen molar-refractivity contribution in [2.24, 2.45) is 5.73 Å². The lowest BCUT2D eigenvalue weighted by atomic mass is 10.0. The molecule has 0 bridgehead atoms. The summed E-state index contributed by atoms with van der Waals surface area (Å²) in [6.45, 7) is 2.77. The lowest BCUT2D eigenvalue weighted by Crippen LogP contribution is -2.15. The summed E-state index contributed by atoms with van der Waals surface area (Å²) in [6.07, 6.45) is 4.14. The number of halogens is 1. The largest absolute Gasteiger partial charge is 0.330 e.